The first kappa shape index (κ1) is 11.6. The van der Waals surface area contributed by atoms with Crippen LogP contribution in [0, 0.1) is 23.0 Å². The Kier molecular flexibility index (Phi) is 2.82. The average molecular weight is 254 g/mol. The first-order valence-electron chi connectivity index (χ1n) is 4.62. The number of halogens is 3. The quantitative estimate of drug-likeness (QED) is 0.734. The lowest BCUT2D eigenvalue weighted by Crippen LogP contribution is -2.00. The van der Waals surface area contributed by atoms with Gasteiger partial charge in [0.05, 0.1) is 16.3 Å². The van der Waals surface area contributed by atoms with Gasteiger partial charge in [0.1, 0.15) is 17.4 Å². The Morgan fingerprint density at radius 3 is 2.71 bits per heavy atom. The van der Waals surface area contributed by atoms with Gasteiger partial charge in [-0.25, -0.2) is 8.78 Å². The van der Waals surface area contributed by atoms with Crippen LogP contribution >= 0.6 is 11.6 Å². The molecular formula is C11H6ClF2N3. The molecule has 0 saturated carbocycles. The predicted molar refractivity (Wildman–Crippen MR) is 58.3 cm³/mol. The second-order valence-electron chi connectivity index (χ2n) is 3.36. The summed E-state index contributed by atoms with van der Waals surface area (Å²) >= 11 is 5.56. The number of nitrogens with zero attached hydrogens (tertiary/aromatic N) is 3. The Bertz CT molecular complexity index is 628. The topological polar surface area (TPSA) is 41.6 Å². The molecule has 0 unspecified atom stereocenters. The molecule has 6 heteroatoms. The third-order valence-corrected chi connectivity index (χ3v) is 2.64. The Morgan fingerprint density at radius 1 is 1.47 bits per heavy atom. The molecule has 1 aromatic carbocycles. The van der Waals surface area contributed by atoms with Gasteiger partial charge < -0.3 is 0 Å². The molecule has 1 heterocycles. The number of aryl methyl sites for hydroxylation is 1. The number of benzene rings is 1. The van der Waals surface area contributed by atoms with Crippen molar-refractivity contribution >= 4 is 11.6 Å². The van der Waals surface area contributed by atoms with Crippen LogP contribution in [0.25, 0.3) is 11.3 Å². The monoisotopic (exact) mass is 253 g/mol. The number of hydrogen-bond acceptors (Lipinski definition) is 2. The molecule has 86 valence electrons. The Balaban J connectivity index is 2.86. The van der Waals surface area contributed by atoms with Crippen molar-refractivity contribution in [2.24, 2.45) is 7.05 Å². The Labute approximate surface area is 101 Å². The van der Waals surface area contributed by atoms with Crippen molar-refractivity contribution in [2.75, 3.05) is 0 Å². The molecule has 0 saturated heterocycles. The first-order chi connectivity index (χ1) is 8.06. The molecule has 0 spiro atoms. The number of rotatable bonds is 1. The van der Waals surface area contributed by atoms with Crippen molar-refractivity contribution in [3.63, 3.8) is 0 Å². The molecule has 0 bridgehead atoms. The van der Waals surface area contributed by atoms with Gasteiger partial charge in [-0.3, -0.25) is 4.68 Å². The lowest BCUT2D eigenvalue weighted by Gasteiger charge is -2.08. The van der Waals surface area contributed by atoms with Crippen LogP contribution in [-0.4, -0.2) is 9.78 Å². The van der Waals surface area contributed by atoms with Crippen molar-refractivity contribution in [1.29, 1.82) is 5.26 Å². The van der Waals surface area contributed by atoms with Crippen LogP contribution in [0.4, 0.5) is 8.78 Å². The minimum atomic E-state index is -0.852. The van der Waals surface area contributed by atoms with Crippen LogP contribution in [0.15, 0.2) is 18.3 Å². The van der Waals surface area contributed by atoms with Gasteiger partial charge in [-0.15, -0.1) is 0 Å². The van der Waals surface area contributed by atoms with Crippen molar-refractivity contribution in [3.8, 4) is 17.3 Å². The fraction of sp³-hybridized carbons (Fsp3) is 0.0909. The number of hydrogen-bond donors (Lipinski definition) is 0. The first-order valence-corrected chi connectivity index (χ1v) is 5.00. The summed E-state index contributed by atoms with van der Waals surface area (Å²) in [7, 11) is 1.56. The highest BCUT2D eigenvalue weighted by molar-refractivity contribution is 6.31. The molecule has 0 fully saturated rings. The standard InChI is InChI=1S/C11H6ClF2N3/c1-17-9(2-3-16-17)10-6(5-15)8(13)4-7(12)11(10)14/h2-4H,1H3. The van der Waals surface area contributed by atoms with Crippen LogP contribution < -0.4 is 0 Å². The minimum absolute atomic E-state index is 0.169. The van der Waals surface area contributed by atoms with E-state index < -0.39 is 11.6 Å². The zero-order valence-corrected chi connectivity index (χ0v) is 9.46. The fourth-order valence-corrected chi connectivity index (χ4v) is 1.75. The van der Waals surface area contributed by atoms with E-state index in [2.05, 4.69) is 5.10 Å². The summed E-state index contributed by atoms with van der Waals surface area (Å²) in [5.41, 5.74) is -0.256. The van der Waals surface area contributed by atoms with Gasteiger partial charge in [0, 0.05) is 13.2 Å². The van der Waals surface area contributed by atoms with E-state index in [4.69, 9.17) is 16.9 Å². The van der Waals surface area contributed by atoms with Crippen LogP contribution in [-0.2, 0) is 7.05 Å². The van der Waals surface area contributed by atoms with Gasteiger partial charge in [0.25, 0.3) is 0 Å². The maximum Gasteiger partial charge on any atom is 0.152 e. The van der Waals surface area contributed by atoms with Crippen LogP contribution in [0.5, 0.6) is 0 Å². The molecule has 17 heavy (non-hydrogen) atoms. The van der Waals surface area contributed by atoms with E-state index in [0.29, 0.717) is 5.69 Å². The molecule has 0 radical (unpaired) electrons. The molecule has 0 amide bonds. The Morgan fingerprint density at radius 2 is 2.18 bits per heavy atom. The summed E-state index contributed by atoms with van der Waals surface area (Å²) in [6.07, 6.45) is 1.43. The molecule has 0 aliphatic rings. The van der Waals surface area contributed by atoms with E-state index in [1.807, 2.05) is 0 Å². The molecule has 0 aliphatic heterocycles. The van der Waals surface area contributed by atoms with Crippen molar-refractivity contribution in [1.82, 2.24) is 9.78 Å². The number of aromatic nitrogens is 2. The zero-order chi connectivity index (χ0) is 12.6. The van der Waals surface area contributed by atoms with Gasteiger partial charge in [-0.1, -0.05) is 11.6 Å². The average Bonchev–Trinajstić information content (AvgIpc) is 2.69. The molecule has 1 aromatic heterocycles. The van der Waals surface area contributed by atoms with E-state index in [0.717, 1.165) is 6.07 Å². The molecule has 2 rings (SSSR count). The largest absolute Gasteiger partial charge is 0.268 e. The highest BCUT2D eigenvalue weighted by atomic mass is 35.5. The third-order valence-electron chi connectivity index (χ3n) is 2.36. The van der Waals surface area contributed by atoms with E-state index in [-0.39, 0.29) is 16.1 Å². The number of nitriles is 1. The van der Waals surface area contributed by atoms with Crippen molar-refractivity contribution in [2.45, 2.75) is 0 Å². The molecule has 0 aliphatic carbocycles. The van der Waals surface area contributed by atoms with Gasteiger partial charge >= 0.3 is 0 Å². The summed E-state index contributed by atoms with van der Waals surface area (Å²) < 4.78 is 28.7. The van der Waals surface area contributed by atoms with E-state index in [1.54, 1.807) is 13.1 Å². The summed E-state index contributed by atoms with van der Waals surface area (Å²) in [6.45, 7) is 0. The van der Waals surface area contributed by atoms with Crippen LogP contribution in [0.2, 0.25) is 5.02 Å². The molecule has 3 nitrogen and oxygen atoms in total. The van der Waals surface area contributed by atoms with Gasteiger partial charge in [0.15, 0.2) is 5.82 Å². The summed E-state index contributed by atoms with van der Waals surface area (Å²) in [5.74, 6) is -1.68. The fourth-order valence-electron chi connectivity index (χ4n) is 1.56. The second kappa shape index (κ2) is 4.15. The Hall–Kier alpha value is -1.93. The smallest absolute Gasteiger partial charge is 0.152 e. The van der Waals surface area contributed by atoms with Gasteiger partial charge in [-0.2, -0.15) is 10.4 Å². The van der Waals surface area contributed by atoms with Gasteiger partial charge in [-0.05, 0) is 12.1 Å². The lowest BCUT2D eigenvalue weighted by atomic mass is 10.0. The van der Waals surface area contributed by atoms with E-state index in [9.17, 15) is 8.78 Å². The third kappa shape index (κ3) is 1.77. The SMILES string of the molecule is Cn1nccc1-c1c(F)c(Cl)cc(F)c1C#N. The summed E-state index contributed by atoms with van der Waals surface area (Å²) in [6, 6.07) is 3.90. The van der Waals surface area contributed by atoms with E-state index in [1.165, 1.54) is 16.9 Å². The highest BCUT2D eigenvalue weighted by Gasteiger charge is 2.21. The maximum absolute atomic E-state index is 13.9. The molecular weight excluding hydrogens is 248 g/mol. The predicted octanol–water partition coefficient (Wildman–Crippen LogP) is 2.89. The summed E-state index contributed by atoms with van der Waals surface area (Å²) in [4.78, 5) is 0. The van der Waals surface area contributed by atoms with Crippen LogP contribution in [0.3, 0.4) is 0 Å². The highest BCUT2D eigenvalue weighted by Crippen LogP contribution is 2.32. The van der Waals surface area contributed by atoms with Crippen molar-refractivity contribution in [3.05, 3.63) is 40.6 Å². The van der Waals surface area contributed by atoms with E-state index >= 15 is 0 Å². The lowest BCUT2D eigenvalue weighted by molar-refractivity contribution is 0.598. The maximum atomic E-state index is 13.9. The normalized spacial score (nSPS) is 10.3. The van der Waals surface area contributed by atoms with Crippen molar-refractivity contribution < 1.29 is 8.78 Å². The zero-order valence-electron chi connectivity index (χ0n) is 8.71. The minimum Gasteiger partial charge on any atom is -0.268 e. The second-order valence-corrected chi connectivity index (χ2v) is 3.76. The van der Waals surface area contributed by atoms with Crippen LogP contribution in [0.1, 0.15) is 5.56 Å². The van der Waals surface area contributed by atoms with Gasteiger partial charge in [0.2, 0.25) is 0 Å². The molecule has 0 N–H and O–H groups in total. The summed E-state index contributed by atoms with van der Waals surface area (Å²) in [5, 5.41) is 12.4. The molecule has 2 aromatic rings. The molecule has 0 atom stereocenters.